The Morgan fingerprint density at radius 2 is 1.96 bits per heavy atom. The lowest BCUT2D eigenvalue weighted by Gasteiger charge is -2.16. The molecule has 1 aliphatic rings. The number of hydrogen-bond acceptors (Lipinski definition) is 5. The summed E-state index contributed by atoms with van der Waals surface area (Å²) < 4.78 is 5.14. The summed E-state index contributed by atoms with van der Waals surface area (Å²) in [5.74, 6) is 0.513. The molecule has 0 radical (unpaired) electrons. The monoisotopic (exact) mass is 370 g/mol. The Labute approximate surface area is 157 Å². The van der Waals surface area contributed by atoms with Crippen molar-refractivity contribution in [1.82, 2.24) is 4.90 Å². The number of anilines is 1. The predicted octanol–water partition coefficient (Wildman–Crippen LogP) is 3.20. The zero-order chi connectivity index (χ0) is 18.5. The van der Waals surface area contributed by atoms with Gasteiger partial charge in [0.15, 0.2) is 0 Å². The van der Waals surface area contributed by atoms with Crippen LogP contribution in [0.5, 0.6) is 5.75 Å². The molecule has 3 rings (SSSR count). The van der Waals surface area contributed by atoms with Gasteiger partial charge in [-0.25, -0.2) is 0 Å². The van der Waals surface area contributed by atoms with Crippen LogP contribution in [0.25, 0.3) is 0 Å². The average Bonchev–Trinajstić information content (AvgIpc) is 2.93. The second-order valence-corrected chi connectivity index (χ2v) is 6.99. The summed E-state index contributed by atoms with van der Waals surface area (Å²) in [7, 11) is 1.62. The van der Waals surface area contributed by atoms with Crippen molar-refractivity contribution in [2.75, 3.05) is 25.2 Å². The molecular formula is C20H22N2O3S. The van der Waals surface area contributed by atoms with Crippen LogP contribution in [0, 0.1) is 0 Å². The van der Waals surface area contributed by atoms with Crippen LogP contribution in [-0.2, 0) is 16.0 Å². The first-order valence-electron chi connectivity index (χ1n) is 8.48. The molecule has 1 N–H and O–H groups in total. The van der Waals surface area contributed by atoms with Gasteiger partial charge in [-0.15, -0.1) is 11.8 Å². The highest BCUT2D eigenvalue weighted by Gasteiger charge is 2.38. The average molecular weight is 370 g/mol. The Hall–Kier alpha value is -2.47. The molecule has 1 saturated heterocycles. The number of amides is 2. The summed E-state index contributed by atoms with van der Waals surface area (Å²) in [4.78, 5) is 27.4. The number of likely N-dealkylation sites (tertiary alicyclic amines) is 1. The summed E-state index contributed by atoms with van der Waals surface area (Å²) in [5, 5.41) is 3.20. The minimum atomic E-state index is -0.490. The maximum atomic E-state index is 12.6. The number of ether oxygens (including phenoxy) is 1. The number of rotatable bonds is 7. The van der Waals surface area contributed by atoms with E-state index in [1.807, 2.05) is 54.8 Å². The third kappa shape index (κ3) is 4.19. The van der Waals surface area contributed by atoms with Crippen LogP contribution < -0.4 is 10.1 Å². The van der Waals surface area contributed by atoms with E-state index in [4.69, 9.17) is 4.74 Å². The molecule has 1 aliphatic heterocycles. The molecule has 0 aliphatic carbocycles. The molecule has 26 heavy (non-hydrogen) atoms. The van der Waals surface area contributed by atoms with Crippen LogP contribution in [0.1, 0.15) is 12.0 Å². The van der Waals surface area contributed by atoms with Gasteiger partial charge in [0, 0.05) is 17.1 Å². The highest BCUT2D eigenvalue weighted by Crippen LogP contribution is 2.23. The molecular weight excluding hydrogens is 348 g/mol. The van der Waals surface area contributed by atoms with E-state index in [-0.39, 0.29) is 18.2 Å². The lowest BCUT2D eigenvalue weighted by Crippen LogP contribution is -2.36. The molecule has 0 aromatic heterocycles. The van der Waals surface area contributed by atoms with E-state index in [9.17, 15) is 9.59 Å². The van der Waals surface area contributed by atoms with Gasteiger partial charge in [0.25, 0.3) is 5.91 Å². The van der Waals surface area contributed by atoms with Crippen molar-refractivity contribution in [3.63, 3.8) is 0 Å². The molecule has 5 nitrogen and oxygen atoms in total. The number of methoxy groups -OCH3 is 1. The highest BCUT2D eigenvalue weighted by molar-refractivity contribution is 7.98. The van der Waals surface area contributed by atoms with E-state index in [0.717, 1.165) is 21.9 Å². The van der Waals surface area contributed by atoms with Gasteiger partial charge in [0.05, 0.1) is 13.5 Å². The minimum absolute atomic E-state index is 0.123. The van der Waals surface area contributed by atoms with Crippen molar-refractivity contribution in [1.29, 1.82) is 0 Å². The maximum absolute atomic E-state index is 12.6. The molecule has 2 amide bonds. The summed E-state index contributed by atoms with van der Waals surface area (Å²) in [5.41, 5.74) is 1.93. The SMILES string of the molecule is COc1ccc(CCN2C(=O)C[C@H](Nc3cccc(SC)c3)C2=O)cc1. The van der Waals surface area contributed by atoms with Crippen LogP contribution in [0.2, 0.25) is 0 Å². The van der Waals surface area contributed by atoms with E-state index in [0.29, 0.717) is 13.0 Å². The Bertz CT molecular complexity index is 792. The first-order valence-corrected chi connectivity index (χ1v) is 9.71. The third-order valence-electron chi connectivity index (χ3n) is 4.44. The van der Waals surface area contributed by atoms with Crippen molar-refractivity contribution >= 4 is 29.3 Å². The molecule has 0 spiro atoms. The first-order chi connectivity index (χ1) is 12.6. The third-order valence-corrected chi connectivity index (χ3v) is 5.16. The van der Waals surface area contributed by atoms with Gasteiger partial charge < -0.3 is 10.1 Å². The quantitative estimate of drug-likeness (QED) is 0.599. The van der Waals surface area contributed by atoms with Crippen LogP contribution in [0.15, 0.2) is 53.4 Å². The Kier molecular flexibility index (Phi) is 5.83. The number of hydrogen-bond donors (Lipinski definition) is 1. The van der Waals surface area contributed by atoms with Crippen molar-refractivity contribution < 1.29 is 14.3 Å². The highest BCUT2D eigenvalue weighted by atomic mass is 32.2. The van der Waals surface area contributed by atoms with Crippen molar-refractivity contribution in [2.45, 2.75) is 23.8 Å². The number of carbonyl (C=O) groups excluding carboxylic acids is 2. The molecule has 0 saturated carbocycles. The Balaban J connectivity index is 1.60. The summed E-state index contributed by atoms with van der Waals surface area (Å²) in [6.45, 7) is 0.396. The molecule has 1 fully saturated rings. The second-order valence-electron chi connectivity index (χ2n) is 6.11. The molecule has 6 heteroatoms. The number of nitrogens with zero attached hydrogens (tertiary/aromatic N) is 1. The maximum Gasteiger partial charge on any atom is 0.252 e. The van der Waals surface area contributed by atoms with Crippen LogP contribution in [0.3, 0.4) is 0 Å². The van der Waals surface area contributed by atoms with Crippen LogP contribution in [0.4, 0.5) is 5.69 Å². The van der Waals surface area contributed by atoms with Gasteiger partial charge in [-0.1, -0.05) is 18.2 Å². The van der Waals surface area contributed by atoms with E-state index in [1.54, 1.807) is 18.9 Å². The van der Waals surface area contributed by atoms with Gasteiger partial charge >= 0.3 is 0 Å². The summed E-state index contributed by atoms with van der Waals surface area (Å²) >= 11 is 1.64. The Morgan fingerprint density at radius 1 is 1.19 bits per heavy atom. The van der Waals surface area contributed by atoms with E-state index in [2.05, 4.69) is 5.32 Å². The fraction of sp³-hybridized carbons (Fsp3) is 0.300. The molecule has 0 bridgehead atoms. The van der Waals surface area contributed by atoms with E-state index in [1.165, 1.54) is 4.90 Å². The number of thioether (sulfide) groups is 1. The van der Waals surface area contributed by atoms with Crippen molar-refractivity contribution in [3.05, 3.63) is 54.1 Å². The smallest absolute Gasteiger partial charge is 0.252 e. The summed E-state index contributed by atoms with van der Waals surface area (Å²) in [6, 6.07) is 15.0. The van der Waals surface area contributed by atoms with Crippen LogP contribution >= 0.6 is 11.8 Å². The fourth-order valence-electron chi connectivity index (χ4n) is 2.98. The normalized spacial score (nSPS) is 16.8. The number of nitrogens with one attached hydrogen (secondary N) is 1. The summed E-state index contributed by atoms with van der Waals surface area (Å²) in [6.07, 6.45) is 2.84. The van der Waals surface area contributed by atoms with Gasteiger partial charge in [-0.05, 0) is 48.6 Å². The molecule has 136 valence electrons. The predicted molar refractivity (Wildman–Crippen MR) is 104 cm³/mol. The fourth-order valence-corrected chi connectivity index (χ4v) is 3.44. The van der Waals surface area contributed by atoms with Gasteiger partial charge in [-0.2, -0.15) is 0 Å². The lowest BCUT2D eigenvalue weighted by molar-refractivity contribution is -0.138. The van der Waals surface area contributed by atoms with Crippen molar-refractivity contribution in [3.8, 4) is 5.75 Å². The minimum Gasteiger partial charge on any atom is -0.497 e. The number of carbonyl (C=O) groups is 2. The number of benzene rings is 2. The largest absolute Gasteiger partial charge is 0.497 e. The lowest BCUT2D eigenvalue weighted by atomic mass is 10.1. The standard InChI is InChI=1S/C20H22N2O3S/c1-25-16-8-6-14(7-9-16)10-11-22-19(23)13-18(20(22)24)21-15-4-3-5-17(12-15)26-2/h3-9,12,18,21H,10-11,13H2,1-2H3/t18-/m0/s1. The Morgan fingerprint density at radius 3 is 2.65 bits per heavy atom. The van der Waals surface area contributed by atoms with E-state index < -0.39 is 6.04 Å². The van der Waals surface area contributed by atoms with Gasteiger partial charge in [0.1, 0.15) is 11.8 Å². The zero-order valence-electron chi connectivity index (χ0n) is 14.9. The van der Waals surface area contributed by atoms with Gasteiger partial charge in [-0.3, -0.25) is 14.5 Å². The molecule has 1 atom stereocenters. The van der Waals surface area contributed by atoms with E-state index >= 15 is 0 Å². The molecule has 2 aromatic rings. The van der Waals surface area contributed by atoms with Crippen molar-refractivity contribution in [2.24, 2.45) is 0 Å². The topological polar surface area (TPSA) is 58.6 Å². The number of imide groups is 1. The second kappa shape index (κ2) is 8.27. The van der Waals surface area contributed by atoms with Crippen LogP contribution in [-0.4, -0.2) is 42.7 Å². The molecule has 1 heterocycles. The first kappa shape index (κ1) is 18.3. The molecule has 2 aromatic carbocycles. The van der Waals surface area contributed by atoms with Gasteiger partial charge in [0.2, 0.25) is 5.91 Å². The molecule has 0 unspecified atom stereocenters. The zero-order valence-corrected chi connectivity index (χ0v) is 15.7.